The number of carbonyl (C=O) groups excluding carboxylic acids is 1. The fraction of sp³-hybridized carbons (Fsp3) is 0.160. The number of benzene rings is 2. The predicted octanol–water partition coefficient (Wildman–Crippen LogP) is 4.23. The van der Waals surface area contributed by atoms with E-state index in [2.05, 4.69) is 25.2 Å². The predicted molar refractivity (Wildman–Crippen MR) is 125 cm³/mol. The molecule has 0 radical (unpaired) electrons. The average Bonchev–Trinajstić information content (AvgIpc) is 3.36. The molecule has 2 aromatic carbocycles. The average molecular weight is 425 g/mol. The van der Waals surface area contributed by atoms with Gasteiger partial charge in [-0.2, -0.15) is 0 Å². The van der Waals surface area contributed by atoms with Gasteiger partial charge in [-0.25, -0.2) is 9.97 Å². The third-order valence-corrected chi connectivity index (χ3v) is 5.39. The van der Waals surface area contributed by atoms with Crippen molar-refractivity contribution < 1.29 is 9.53 Å². The Balaban J connectivity index is 1.29. The Morgan fingerprint density at radius 3 is 2.56 bits per heavy atom. The molecule has 2 aromatic heterocycles. The van der Waals surface area contributed by atoms with Gasteiger partial charge in [-0.05, 0) is 24.3 Å². The summed E-state index contributed by atoms with van der Waals surface area (Å²) in [5.74, 6) is 1.41. The van der Waals surface area contributed by atoms with Gasteiger partial charge in [0.15, 0.2) is 0 Å². The number of nitrogens with zero attached hydrogens (tertiary/aromatic N) is 3. The van der Waals surface area contributed by atoms with Gasteiger partial charge in [-0.3, -0.25) is 4.79 Å². The van der Waals surface area contributed by atoms with Gasteiger partial charge in [0.25, 0.3) is 5.91 Å². The number of pyridine rings is 1. The molecule has 32 heavy (non-hydrogen) atoms. The SMILES string of the molecule is O=C(Nc1ccc(N2CCOCC2)nc1)c1cccc(-c2nc(-c3ccccc3)c[nH]2)c1. The Bertz CT molecular complexity index is 1200. The van der Waals surface area contributed by atoms with Crippen molar-refractivity contribution in [2.45, 2.75) is 0 Å². The molecule has 0 unspecified atom stereocenters. The second-order valence-electron chi connectivity index (χ2n) is 7.54. The molecule has 0 spiro atoms. The Morgan fingerprint density at radius 2 is 1.78 bits per heavy atom. The minimum absolute atomic E-state index is 0.192. The zero-order valence-electron chi connectivity index (χ0n) is 17.5. The zero-order chi connectivity index (χ0) is 21.8. The smallest absolute Gasteiger partial charge is 0.255 e. The van der Waals surface area contributed by atoms with E-state index in [1.807, 2.05) is 66.9 Å². The highest BCUT2D eigenvalue weighted by molar-refractivity contribution is 6.04. The molecule has 7 heteroatoms. The second kappa shape index (κ2) is 9.03. The summed E-state index contributed by atoms with van der Waals surface area (Å²) >= 11 is 0. The standard InChI is InChI=1S/C25H23N5O2/c31-25(28-21-9-10-23(26-16-21)30-11-13-32-14-12-30)20-8-4-7-19(15-20)24-27-17-22(29-24)18-5-2-1-3-6-18/h1-10,15-17H,11-14H2,(H,27,29)(H,28,31). The molecule has 7 nitrogen and oxygen atoms in total. The van der Waals surface area contributed by atoms with Gasteiger partial charge < -0.3 is 19.9 Å². The molecule has 1 amide bonds. The largest absolute Gasteiger partial charge is 0.378 e. The van der Waals surface area contributed by atoms with E-state index in [0.29, 0.717) is 24.5 Å². The van der Waals surface area contributed by atoms with E-state index in [1.54, 1.807) is 12.3 Å². The van der Waals surface area contributed by atoms with Crippen LogP contribution in [0.3, 0.4) is 0 Å². The second-order valence-corrected chi connectivity index (χ2v) is 7.54. The van der Waals surface area contributed by atoms with E-state index < -0.39 is 0 Å². The highest BCUT2D eigenvalue weighted by Crippen LogP contribution is 2.23. The normalized spacial score (nSPS) is 13.7. The first-order valence-corrected chi connectivity index (χ1v) is 10.6. The van der Waals surface area contributed by atoms with Crippen molar-refractivity contribution in [3.8, 4) is 22.6 Å². The van der Waals surface area contributed by atoms with Crippen molar-refractivity contribution in [2.24, 2.45) is 0 Å². The maximum atomic E-state index is 12.8. The number of hydrogen-bond donors (Lipinski definition) is 2. The summed E-state index contributed by atoms with van der Waals surface area (Å²) in [7, 11) is 0. The first kappa shape index (κ1) is 20.0. The van der Waals surface area contributed by atoms with Crippen LogP contribution in [0.15, 0.2) is 79.1 Å². The molecular formula is C25H23N5O2. The number of anilines is 2. The van der Waals surface area contributed by atoms with Crippen molar-refractivity contribution in [1.82, 2.24) is 15.0 Å². The Hall–Kier alpha value is -3.97. The summed E-state index contributed by atoms with van der Waals surface area (Å²) in [6, 6.07) is 21.2. The summed E-state index contributed by atoms with van der Waals surface area (Å²) in [5.41, 5.74) is 3.96. The van der Waals surface area contributed by atoms with E-state index in [1.165, 1.54) is 0 Å². The third-order valence-electron chi connectivity index (χ3n) is 5.39. The minimum Gasteiger partial charge on any atom is -0.378 e. The molecule has 1 saturated heterocycles. The van der Waals surface area contributed by atoms with E-state index in [9.17, 15) is 4.79 Å². The molecule has 4 aromatic rings. The van der Waals surface area contributed by atoms with E-state index in [0.717, 1.165) is 41.6 Å². The van der Waals surface area contributed by atoms with Crippen LogP contribution >= 0.6 is 0 Å². The van der Waals surface area contributed by atoms with Crippen molar-refractivity contribution in [3.05, 3.63) is 84.7 Å². The summed E-state index contributed by atoms with van der Waals surface area (Å²) < 4.78 is 5.38. The van der Waals surface area contributed by atoms with Gasteiger partial charge in [0.1, 0.15) is 11.6 Å². The zero-order valence-corrected chi connectivity index (χ0v) is 17.5. The van der Waals surface area contributed by atoms with Crippen LogP contribution in [0.4, 0.5) is 11.5 Å². The number of H-pyrrole nitrogens is 1. The number of morpholine rings is 1. The van der Waals surface area contributed by atoms with Gasteiger partial charge in [-0.15, -0.1) is 0 Å². The molecule has 2 N–H and O–H groups in total. The lowest BCUT2D eigenvalue weighted by atomic mass is 10.1. The lowest BCUT2D eigenvalue weighted by molar-refractivity contribution is 0.102. The quantitative estimate of drug-likeness (QED) is 0.500. The third kappa shape index (κ3) is 4.38. The Kier molecular flexibility index (Phi) is 5.63. The van der Waals surface area contributed by atoms with E-state index in [4.69, 9.17) is 4.74 Å². The maximum absolute atomic E-state index is 12.8. The lowest BCUT2D eigenvalue weighted by Crippen LogP contribution is -2.36. The molecule has 1 aliphatic rings. The molecule has 0 aliphatic carbocycles. The summed E-state index contributed by atoms with van der Waals surface area (Å²) in [6.45, 7) is 3.06. The molecule has 0 saturated carbocycles. The van der Waals surface area contributed by atoms with Crippen LogP contribution in [0.2, 0.25) is 0 Å². The van der Waals surface area contributed by atoms with Crippen LogP contribution in [-0.4, -0.2) is 47.2 Å². The maximum Gasteiger partial charge on any atom is 0.255 e. The van der Waals surface area contributed by atoms with Gasteiger partial charge in [0, 0.05) is 36.0 Å². The fourth-order valence-electron chi connectivity index (χ4n) is 3.68. The first-order chi connectivity index (χ1) is 15.8. The number of amides is 1. The lowest BCUT2D eigenvalue weighted by Gasteiger charge is -2.27. The number of aromatic nitrogens is 3. The van der Waals surface area contributed by atoms with Gasteiger partial charge in [-0.1, -0.05) is 42.5 Å². The van der Waals surface area contributed by atoms with Gasteiger partial charge in [0.05, 0.1) is 30.8 Å². The minimum atomic E-state index is -0.192. The number of carbonyl (C=O) groups is 1. The van der Waals surface area contributed by atoms with Crippen molar-refractivity contribution in [1.29, 1.82) is 0 Å². The van der Waals surface area contributed by atoms with Crippen molar-refractivity contribution in [2.75, 3.05) is 36.5 Å². The fourth-order valence-corrected chi connectivity index (χ4v) is 3.68. The molecule has 0 bridgehead atoms. The molecule has 160 valence electrons. The van der Waals surface area contributed by atoms with Gasteiger partial charge >= 0.3 is 0 Å². The van der Waals surface area contributed by atoms with Gasteiger partial charge in [0.2, 0.25) is 0 Å². The van der Waals surface area contributed by atoms with E-state index >= 15 is 0 Å². The number of nitrogens with one attached hydrogen (secondary N) is 2. The molecular weight excluding hydrogens is 402 g/mol. The Morgan fingerprint density at radius 1 is 0.969 bits per heavy atom. The van der Waals surface area contributed by atoms with Crippen molar-refractivity contribution >= 4 is 17.4 Å². The number of imidazole rings is 1. The van der Waals surface area contributed by atoms with Crippen LogP contribution in [0.5, 0.6) is 0 Å². The molecule has 3 heterocycles. The Labute approximate surface area is 186 Å². The molecule has 5 rings (SSSR count). The van der Waals surface area contributed by atoms with Crippen LogP contribution in [0, 0.1) is 0 Å². The molecule has 0 atom stereocenters. The van der Waals surface area contributed by atoms with Crippen LogP contribution < -0.4 is 10.2 Å². The van der Waals surface area contributed by atoms with Crippen LogP contribution in [-0.2, 0) is 4.74 Å². The van der Waals surface area contributed by atoms with E-state index in [-0.39, 0.29) is 5.91 Å². The number of rotatable bonds is 5. The molecule has 1 aliphatic heterocycles. The topological polar surface area (TPSA) is 83.1 Å². The summed E-state index contributed by atoms with van der Waals surface area (Å²) in [4.78, 5) is 27.4. The van der Waals surface area contributed by atoms with Crippen LogP contribution in [0.25, 0.3) is 22.6 Å². The summed E-state index contributed by atoms with van der Waals surface area (Å²) in [6.07, 6.45) is 3.56. The number of ether oxygens (including phenoxy) is 1. The number of aromatic amines is 1. The highest BCUT2D eigenvalue weighted by atomic mass is 16.5. The molecule has 1 fully saturated rings. The highest BCUT2D eigenvalue weighted by Gasteiger charge is 2.13. The van der Waals surface area contributed by atoms with Crippen molar-refractivity contribution in [3.63, 3.8) is 0 Å². The number of hydrogen-bond acceptors (Lipinski definition) is 5. The first-order valence-electron chi connectivity index (χ1n) is 10.6. The summed E-state index contributed by atoms with van der Waals surface area (Å²) in [5, 5.41) is 2.92. The van der Waals surface area contributed by atoms with Crippen LogP contribution in [0.1, 0.15) is 10.4 Å². The monoisotopic (exact) mass is 425 g/mol.